The smallest absolute Gasteiger partial charge is 0.411 e. The van der Waals surface area contributed by atoms with Crippen molar-refractivity contribution in [2.24, 2.45) is 5.73 Å². The van der Waals surface area contributed by atoms with Crippen LogP contribution in [0.1, 0.15) is 170 Å². The number of Topliss-reactive ketones (excluding diaryl/α,β-unsaturated/α-hetero) is 3. The molecule has 0 radical (unpaired) electrons. The number of hydrogen-bond donors (Lipinski definition) is 16. The van der Waals surface area contributed by atoms with Crippen LogP contribution in [0.5, 0.6) is 0 Å². The highest BCUT2D eigenvalue weighted by Crippen LogP contribution is 2.21. The molecule has 40 nitrogen and oxygen atoms in total. The summed E-state index contributed by atoms with van der Waals surface area (Å²) in [5.41, 5.74) is 6.15. The number of aliphatic carboxylic acids is 4. The number of carboxylic acids is 4. The number of hydrogen-bond acceptors (Lipinski definition) is 27. The molecular formula is C99H147ClI5N15O25. The Morgan fingerprint density at radius 3 is 1.01 bits per heavy atom. The number of nitrogens with one attached hydrogen (secondary N) is 11. The van der Waals surface area contributed by atoms with Gasteiger partial charge in [-0.05, 0) is 403 Å². The zero-order valence-corrected chi connectivity index (χ0v) is 97.5. The zero-order chi connectivity index (χ0) is 111. The second-order valence-electron chi connectivity index (χ2n) is 37.5. The van der Waals surface area contributed by atoms with Crippen LogP contribution in [-0.2, 0) is 109 Å². The lowest BCUT2D eigenvalue weighted by Gasteiger charge is -2.28. The number of nitrogens with zero attached hydrogens (tertiary/aromatic N) is 3. The molecule has 5 aromatic carbocycles. The second kappa shape index (κ2) is 72.3. The summed E-state index contributed by atoms with van der Waals surface area (Å²) < 4.78 is 31.2. The van der Waals surface area contributed by atoms with Gasteiger partial charge >= 0.3 is 54.3 Å². The molecule has 810 valence electrons. The van der Waals surface area contributed by atoms with Crippen molar-refractivity contribution in [3.05, 3.63) is 167 Å². The van der Waals surface area contributed by atoms with Gasteiger partial charge in [-0.25, -0.2) is 33.6 Å². The van der Waals surface area contributed by atoms with Crippen LogP contribution < -0.4 is 63.7 Å². The Morgan fingerprint density at radius 2 is 0.703 bits per heavy atom. The van der Waals surface area contributed by atoms with E-state index in [-0.39, 0.29) is 61.8 Å². The lowest BCUT2D eigenvalue weighted by atomic mass is 9.99. The Morgan fingerprint density at radius 1 is 0.407 bits per heavy atom. The highest BCUT2D eigenvalue weighted by Gasteiger charge is 2.34. The fourth-order valence-electron chi connectivity index (χ4n) is 11.9. The third-order valence-electron chi connectivity index (χ3n) is 18.4. The monoisotopic (exact) mass is 2620 g/mol. The molecule has 0 bridgehead atoms. The van der Waals surface area contributed by atoms with Crippen LogP contribution in [0.2, 0.25) is 0 Å². The first-order valence-corrected chi connectivity index (χ1v) is 52.2. The highest BCUT2D eigenvalue weighted by atomic mass is 127. The number of ketones is 3. The molecule has 1 aliphatic rings. The number of halogens is 6. The first-order chi connectivity index (χ1) is 67.5. The van der Waals surface area contributed by atoms with E-state index in [0.717, 1.165) is 90.9 Å². The summed E-state index contributed by atoms with van der Waals surface area (Å²) in [6, 6.07) is 35.3. The number of amides is 9. The van der Waals surface area contributed by atoms with E-state index in [1.165, 1.54) is 3.57 Å². The zero-order valence-electron chi connectivity index (χ0n) is 86.0. The number of ether oxygens (including phenoxy) is 5. The predicted molar refractivity (Wildman–Crippen MR) is 595 cm³/mol. The first kappa shape index (κ1) is 136. The molecule has 1 heterocycles. The van der Waals surface area contributed by atoms with Crippen molar-refractivity contribution in [2.75, 3.05) is 113 Å². The van der Waals surface area contributed by atoms with Gasteiger partial charge in [0.1, 0.15) is 79.4 Å². The second-order valence-corrected chi connectivity index (χ2v) is 44.0. The summed E-state index contributed by atoms with van der Waals surface area (Å²) in [5.74, 6) is -6.90. The van der Waals surface area contributed by atoms with E-state index in [2.05, 4.69) is 171 Å². The van der Waals surface area contributed by atoms with Crippen molar-refractivity contribution in [1.29, 1.82) is 0 Å². The van der Waals surface area contributed by atoms with E-state index >= 15 is 0 Å². The Bertz CT molecular complexity index is 4820. The van der Waals surface area contributed by atoms with Crippen molar-refractivity contribution in [3.63, 3.8) is 0 Å². The van der Waals surface area contributed by atoms with Gasteiger partial charge in [0, 0.05) is 76.1 Å². The van der Waals surface area contributed by atoms with Gasteiger partial charge < -0.3 is 103 Å². The molecule has 1 fully saturated rings. The molecule has 5 atom stereocenters. The van der Waals surface area contributed by atoms with Crippen LogP contribution in [0.25, 0.3) is 0 Å². The van der Waals surface area contributed by atoms with Crippen LogP contribution in [0.15, 0.2) is 121 Å². The van der Waals surface area contributed by atoms with Gasteiger partial charge in [0.25, 0.3) is 0 Å². The molecule has 6 rings (SSSR count). The number of rotatable bonds is 40. The van der Waals surface area contributed by atoms with Crippen LogP contribution in [0, 0.1) is 17.9 Å². The molecule has 0 aromatic heterocycles. The van der Waals surface area contributed by atoms with Gasteiger partial charge in [0.2, 0.25) is 23.6 Å². The maximum Gasteiger partial charge on any atom is 0.411 e. The average Bonchev–Trinajstić information content (AvgIpc) is 0.859. The molecule has 9 amide bonds. The Labute approximate surface area is 924 Å². The number of carbonyl (C=O) groups excluding carboxylic acids is 12. The summed E-state index contributed by atoms with van der Waals surface area (Å²) >= 11 is 16.7. The molecule has 5 aromatic rings. The van der Waals surface area contributed by atoms with Crippen LogP contribution in [0.3, 0.4) is 0 Å². The summed E-state index contributed by atoms with van der Waals surface area (Å²) in [7, 11) is 7.41. The highest BCUT2D eigenvalue weighted by molar-refractivity contribution is 14.1. The lowest BCUT2D eigenvalue weighted by molar-refractivity contribution is -0.142. The number of benzene rings is 5. The molecule has 0 saturated carbocycles. The van der Waals surface area contributed by atoms with Gasteiger partial charge in [-0.15, -0.1) is 0 Å². The minimum atomic E-state index is -1.30. The standard InChI is InChI=1S/C22H32IN3O6.C20H27IN4O5.C18H27IN2O3.C14H18INO4.C13H18ClIN2O.C9H15NO6.C3H10N2/c1-22(2,3)32-21(31)26(14-20(29)30)13-19(28)25-17(18(27)6-5-11-24-4)12-15-7-9-16(23)10-8-15;1-20(2,3)30-19(29)25-11-16(26)22-8-9-23-18(28)15(24-17(27)12-25)10-13-4-6-14(21)7-5-13;1-18(2,3)24-17(23)21-15(16(22)6-5-11-20-4)12-13-7-9-14(19)10-8-13;1-14(2,3)20-13(19)16-11(12(17)18)8-9-4-6-10(15)7-5-9;1-16-8-2-3-13(18)12(17-14)9-10-4-6-11(15)7-5-10;1-9(2,3)16-8(15)10(4-6(11)12)5-7(13)14;1-5-3-2-4/h7-10,17,24H,5-6,11-14H2,1-4H3,(H,25,28)(H,29,30);4-7,15H,8-12H2,1-3H3,(H,22,26)(H,23,28)(H,24,27);7-10,15,20H,5-6,11-12H2,1-4H3,(H,21,23);4-7,11H,8H2,1-3H3,(H,16,19)(H,17,18);4-7,12,16-17H,2-3,8-9H2,1H3;4-5H2,1-3H3,(H,11,12)(H,13,14);5H,2-4H2,1H3. The molecular weight excluding hydrogens is 2470 g/mol. The van der Waals surface area contributed by atoms with Gasteiger partial charge in [-0.1, -0.05) is 60.7 Å². The van der Waals surface area contributed by atoms with E-state index in [4.69, 9.17) is 61.6 Å². The number of alkyl carbamates (subject to hydrolysis) is 2. The van der Waals surface area contributed by atoms with E-state index < -0.39 is 157 Å². The molecule has 1 saturated heterocycles. The lowest BCUT2D eigenvalue weighted by Crippen LogP contribution is -2.54. The quantitative estimate of drug-likeness (QED) is 0.00749. The van der Waals surface area contributed by atoms with E-state index in [1.807, 2.05) is 142 Å². The predicted octanol–water partition coefficient (Wildman–Crippen LogP) is 11.2. The van der Waals surface area contributed by atoms with E-state index in [9.17, 15) is 76.7 Å². The SMILES string of the molecule is CC(C)(C)OC(=O)N(CC(=O)O)CC(=O)O.CC(C)(C)OC(=O)N1CC(=O)NCCNC(=O)C(Cc2ccc(I)cc2)NC(=O)C1.CC(C)(C)OC(=O)NC(Cc1ccc(I)cc1)C(=O)O.CNCCCC(=O)C(Cc1ccc(I)cc1)NC(=O)CN(CC(=O)O)C(=O)OC(C)(C)C.CNCCCC(=O)C(Cc1ccc(I)cc1)NC(=O)OC(C)(C)C.CNCCCC(=O)C(Cc1ccc(I)cc1)NCl.CNCCN. The Hall–Kier alpha value is -9.08. The number of likely N-dealkylation sites (N-methyl/N-ethyl adjacent to an activating group) is 1. The molecule has 5 unspecified atom stereocenters. The number of carbonyl (C=O) groups is 16. The van der Waals surface area contributed by atoms with Crippen LogP contribution >= 0.6 is 125 Å². The summed E-state index contributed by atoms with van der Waals surface area (Å²) in [6.45, 7) is 26.4. The third kappa shape index (κ3) is 70.5. The Kier molecular flexibility index (Phi) is 67.8. The summed E-state index contributed by atoms with van der Waals surface area (Å²) in [6.07, 6.45) is 1.45. The first-order valence-electron chi connectivity index (χ1n) is 46.4. The van der Waals surface area contributed by atoms with Crippen LogP contribution in [-0.4, -0.2) is 302 Å². The normalized spacial score (nSPS) is 13.4. The molecule has 1 aliphatic heterocycles. The summed E-state index contributed by atoms with van der Waals surface area (Å²) in [4.78, 5) is 195. The van der Waals surface area contributed by atoms with Gasteiger partial charge in [-0.2, -0.15) is 0 Å². The van der Waals surface area contributed by atoms with Crippen molar-refractivity contribution in [3.8, 4) is 0 Å². The van der Waals surface area contributed by atoms with Crippen molar-refractivity contribution in [2.45, 2.75) is 233 Å². The molecule has 46 heteroatoms. The largest absolute Gasteiger partial charge is 0.480 e. The molecule has 145 heavy (non-hydrogen) atoms. The van der Waals surface area contributed by atoms with Crippen molar-refractivity contribution < 1.29 is 121 Å². The molecule has 0 spiro atoms. The topological polar surface area (TPSA) is 568 Å². The fourth-order valence-corrected chi connectivity index (χ4v) is 13.9. The Balaban J connectivity index is 0.00000172. The van der Waals surface area contributed by atoms with Crippen molar-refractivity contribution >= 4 is 220 Å². The number of carboxylic acid groups (broad SMARTS) is 4. The molecule has 17 N–H and O–H groups in total. The van der Waals surface area contributed by atoms with Crippen LogP contribution in [0.4, 0.5) is 24.0 Å². The fraction of sp³-hybridized carbons (Fsp3) is 0.535. The average molecular weight is 2620 g/mol. The van der Waals surface area contributed by atoms with E-state index in [0.29, 0.717) is 56.4 Å². The minimum Gasteiger partial charge on any atom is -0.480 e. The summed E-state index contributed by atoms with van der Waals surface area (Å²) in [5, 5.41) is 63.0. The maximum atomic E-state index is 12.8. The van der Waals surface area contributed by atoms with Crippen molar-refractivity contribution in [1.82, 2.24) is 72.7 Å². The maximum absolute atomic E-state index is 12.8. The minimum absolute atomic E-state index is 0.0228. The van der Waals surface area contributed by atoms with E-state index in [1.54, 1.807) is 111 Å². The van der Waals surface area contributed by atoms with Gasteiger partial charge in [0.15, 0.2) is 17.3 Å². The van der Waals surface area contributed by atoms with Gasteiger partial charge in [-0.3, -0.25) is 62.6 Å². The molecule has 0 aliphatic carbocycles. The number of nitrogens with two attached hydrogens (primary N) is 1. The van der Waals surface area contributed by atoms with Gasteiger partial charge in [0.05, 0.1) is 18.1 Å². The third-order valence-corrected chi connectivity index (χ3v) is 22.2.